The maximum absolute atomic E-state index is 13.5. The molecule has 0 amide bonds. The van der Waals surface area contributed by atoms with Gasteiger partial charge in [0.15, 0.2) is 5.60 Å². The molecule has 0 unspecified atom stereocenters. The third kappa shape index (κ3) is 9.82. The fraction of sp³-hybridized carbons (Fsp3) is 0.688. The van der Waals surface area contributed by atoms with Gasteiger partial charge in [0.25, 0.3) is 0 Å². The van der Waals surface area contributed by atoms with Crippen LogP contribution in [-0.2, 0) is 23.8 Å². The Morgan fingerprint density at radius 3 is 2.41 bits per heavy atom. The monoisotopic (exact) mass is 512 g/mol. The molecule has 5 nitrogen and oxygen atoms in total. The fourth-order valence-corrected chi connectivity index (χ4v) is 4.74. The Labute approximate surface area is 225 Å². The molecule has 0 spiro atoms. The molecule has 2 aliphatic rings. The van der Waals surface area contributed by atoms with Crippen molar-refractivity contribution in [1.29, 1.82) is 0 Å². The van der Waals surface area contributed by atoms with Crippen LogP contribution in [0.4, 0.5) is 0 Å². The second kappa shape index (κ2) is 12.5. The second-order valence-electron chi connectivity index (χ2n) is 12.5. The normalized spacial score (nSPS) is 22.8. The van der Waals surface area contributed by atoms with Crippen molar-refractivity contribution in [2.24, 2.45) is 17.8 Å². The lowest BCUT2D eigenvalue weighted by Crippen LogP contribution is -2.47. The van der Waals surface area contributed by atoms with Gasteiger partial charge in [-0.1, -0.05) is 56.8 Å². The first-order chi connectivity index (χ1) is 17.1. The Balaban J connectivity index is 2.39. The van der Waals surface area contributed by atoms with Crippen LogP contribution in [-0.4, -0.2) is 28.9 Å². The minimum atomic E-state index is -1.34. The smallest absolute Gasteiger partial charge is 0.341 e. The molecule has 37 heavy (non-hydrogen) atoms. The molecular weight excluding hydrogens is 464 g/mol. The van der Waals surface area contributed by atoms with Crippen molar-refractivity contribution in [1.82, 2.24) is 0 Å². The van der Waals surface area contributed by atoms with Gasteiger partial charge in [0.2, 0.25) is 5.79 Å². The maximum atomic E-state index is 13.5. The van der Waals surface area contributed by atoms with E-state index in [1.54, 1.807) is 13.8 Å². The van der Waals surface area contributed by atoms with Gasteiger partial charge in [-0.2, -0.15) is 0 Å². The summed E-state index contributed by atoms with van der Waals surface area (Å²) in [5.74, 6) is 5.36. The van der Waals surface area contributed by atoms with Crippen LogP contribution < -0.4 is 0 Å². The van der Waals surface area contributed by atoms with E-state index in [1.165, 1.54) is 12.8 Å². The largest absolute Gasteiger partial charge is 0.460 e. The van der Waals surface area contributed by atoms with Gasteiger partial charge in [-0.3, -0.25) is 4.79 Å². The lowest BCUT2D eigenvalue weighted by atomic mass is 9.75. The highest BCUT2D eigenvalue weighted by Gasteiger charge is 2.58. The summed E-state index contributed by atoms with van der Waals surface area (Å²) < 4.78 is 17.7. The first-order valence-electron chi connectivity index (χ1n) is 13.7. The van der Waals surface area contributed by atoms with E-state index >= 15 is 0 Å². The van der Waals surface area contributed by atoms with Crippen LogP contribution in [0, 0.1) is 29.6 Å². The molecule has 2 fully saturated rings. The molecule has 0 aromatic carbocycles. The molecule has 1 heterocycles. The van der Waals surface area contributed by atoms with Crippen molar-refractivity contribution in [3.63, 3.8) is 0 Å². The highest BCUT2D eigenvalue weighted by atomic mass is 16.8. The Hall–Kier alpha value is -2.32. The average molecular weight is 513 g/mol. The average Bonchev–Trinajstić information content (AvgIpc) is 3.52. The summed E-state index contributed by atoms with van der Waals surface area (Å²) in [5.41, 5.74) is 0.688. The van der Waals surface area contributed by atoms with Crippen molar-refractivity contribution in [3.8, 4) is 11.8 Å². The van der Waals surface area contributed by atoms with E-state index in [2.05, 4.69) is 32.3 Å². The van der Waals surface area contributed by atoms with Crippen LogP contribution in [0.25, 0.3) is 0 Å². The summed E-state index contributed by atoms with van der Waals surface area (Å²) >= 11 is 0. The highest BCUT2D eigenvalue weighted by molar-refractivity contribution is 5.84. The van der Waals surface area contributed by atoms with Gasteiger partial charge in [0.1, 0.15) is 5.60 Å². The van der Waals surface area contributed by atoms with Crippen molar-refractivity contribution >= 4 is 11.9 Å². The molecule has 0 N–H and O–H groups in total. The molecule has 0 aromatic heterocycles. The Bertz CT molecular complexity index is 975. The molecule has 1 aliphatic heterocycles. The van der Waals surface area contributed by atoms with Crippen LogP contribution in [0.1, 0.15) is 107 Å². The Morgan fingerprint density at radius 1 is 1.27 bits per heavy atom. The van der Waals surface area contributed by atoms with Crippen LogP contribution in [0.3, 0.4) is 0 Å². The number of cyclic esters (lactones) is 1. The van der Waals surface area contributed by atoms with E-state index in [0.717, 1.165) is 29.9 Å². The molecule has 2 rings (SSSR count). The molecular formula is C32H48O5. The van der Waals surface area contributed by atoms with Crippen molar-refractivity contribution in [3.05, 3.63) is 35.5 Å². The Morgan fingerprint density at radius 2 is 1.92 bits per heavy atom. The van der Waals surface area contributed by atoms with Gasteiger partial charge in [-0.05, 0) is 70.9 Å². The van der Waals surface area contributed by atoms with E-state index in [-0.39, 0.29) is 24.7 Å². The standard InChI is InChI=1S/C32H48O5/c1-11-24(5)26(15-13-12-14-25-16-17-25)19-23(4)21-32(29(34)36-31(9,10)37-32)27(18-22(2)3)20-28(33)35-30(6,7)8/h11,19,22,25,27H,4,12,14,16-18,20-21H2,1-3,5-10H3/b24-11-,26-19-/t27-,32-/m1/s1. The van der Waals surface area contributed by atoms with Gasteiger partial charge >= 0.3 is 11.9 Å². The third-order valence-electron chi connectivity index (χ3n) is 6.65. The molecule has 1 saturated heterocycles. The summed E-state index contributed by atoms with van der Waals surface area (Å²) in [6, 6.07) is 0. The molecule has 206 valence electrons. The molecule has 2 atom stereocenters. The van der Waals surface area contributed by atoms with Gasteiger partial charge in [0, 0.05) is 38.2 Å². The topological polar surface area (TPSA) is 61.8 Å². The van der Waals surface area contributed by atoms with Crippen molar-refractivity contribution in [2.45, 2.75) is 124 Å². The Kier molecular flexibility index (Phi) is 10.4. The second-order valence-corrected chi connectivity index (χ2v) is 12.5. The minimum absolute atomic E-state index is 0.0549. The molecule has 1 aliphatic carbocycles. The van der Waals surface area contributed by atoms with Crippen LogP contribution in [0.2, 0.25) is 0 Å². The van der Waals surface area contributed by atoms with Gasteiger partial charge in [-0.15, -0.1) is 0 Å². The number of carbonyl (C=O) groups is 2. The maximum Gasteiger partial charge on any atom is 0.341 e. The SMILES string of the molecule is C=C(/C=C(C#CCCC1CC1)\C(C)=C/C)C[C@]1([C@@H](CC(=O)OC(C)(C)C)CC(C)C)OC(C)(C)OC1=O. The summed E-state index contributed by atoms with van der Waals surface area (Å²) in [7, 11) is 0. The number of esters is 2. The lowest BCUT2D eigenvalue weighted by molar-refractivity contribution is -0.181. The highest BCUT2D eigenvalue weighted by Crippen LogP contribution is 2.45. The number of hydrogen-bond acceptors (Lipinski definition) is 5. The quantitative estimate of drug-likeness (QED) is 0.163. The molecule has 0 bridgehead atoms. The van der Waals surface area contributed by atoms with Gasteiger partial charge in [0.05, 0.1) is 6.42 Å². The predicted molar refractivity (Wildman–Crippen MR) is 148 cm³/mol. The zero-order valence-corrected chi connectivity index (χ0v) is 24.6. The zero-order chi connectivity index (χ0) is 28.0. The minimum Gasteiger partial charge on any atom is -0.460 e. The number of rotatable bonds is 11. The van der Waals surface area contributed by atoms with E-state index in [0.29, 0.717) is 12.0 Å². The number of carbonyl (C=O) groups excluding carboxylic acids is 2. The summed E-state index contributed by atoms with van der Waals surface area (Å²) in [6.07, 6.45) is 9.51. The summed E-state index contributed by atoms with van der Waals surface area (Å²) in [6.45, 7) is 21.4. The van der Waals surface area contributed by atoms with E-state index in [1.807, 2.05) is 46.8 Å². The van der Waals surface area contributed by atoms with Gasteiger partial charge in [-0.25, -0.2) is 4.79 Å². The first-order valence-corrected chi connectivity index (χ1v) is 13.7. The van der Waals surface area contributed by atoms with Crippen molar-refractivity contribution < 1.29 is 23.8 Å². The van der Waals surface area contributed by atoms with E-state index in [4.69, 9.17) is 14.2 Å². The van der Waals surface area contributed by atoms with Gasteiger partial charge < -0.3 is 14.2 Å². The molecule has 0 radical (unpaired) electrons. The number of allylic oxidation sites excluding steroid dienone is 4. The van der Waals surface area contributed by atoms with E-state index in [9.17, 15) is 9.59 Å². The third-order valence-corrected chi connectivity index (χ3v) is 6.65. The lowest BCUT2D eigenvalue weighted by Gasteiger charge is -2.35. The van der Waals surface area contributed by atoms with Crippen LogP contribution >= 0.6 is 0 Å². The predicted octanol–water partition coefficient (Wildman–Crippen LogP) is 7.46. The number of ether oxygens (including phenoxy) is 3. The molecule has 1 saturated carbocycles. The molecule has 5 heteroatoms. The summed E-state index contributed by atoms with van der Waals surface area (Å²) in [4.78, 5) is 26.4. The number of hydrogen-bond donors (Lipinski definition) is 0. The first kappa shape index (κ1) is 30.9. The molecule has 0 aromatic rings. The van der Waals surface area contributed by atoms with Crippen LogP contribution in [0.5, 0.6) is 0 Å². The fourth-order valence-electron chi connectivity index (χ4n) is 4.74. The summed E-state index contributed by atoms with van der Waals surface area (Å²) in [5, 5.41) is 0. The van der Waals surface area contributed by atoms with Crippen LogP contribution in [0.15, 0.2) is 35.5 Å². The zero-order valence-electron chi connectivity index (χ0n) is 24.6. The van der Waals surface area contributed by atoms with Crippen molar-refractivity contribution in [2.75, 3.05) is 0 Å². The van der Waals surface area contributed by atoms with E-state index < -0.39 is 28.9 Å².